The minimum Gasteiger partial charge on any atom is -0.371 e. The fraction of sp³-hybridized carbons (Fsp3) is 0.550. The number of nitrogens with zero attached hydrogens (tertiary/aromatic N) is 3. The van der Waals surface area contributed by atoms with Crippen molar-refractivity contribution in [3.8, 4) is 0 Å². The molecule has 2 aliphatic rings. The molecule has 7 nitrogen and oxygen atoms in total. The summed E-state index contributed by atoms with van der Waals surface area (Å²) in [7, 11) is 0. The van der Waals surface area contributed by atoms with E-state index in [1.165, 1.54) is 0 Å². The van der Waals surface area contributed by atoms with Gasteiger partial charge >= 0.3 is 5.69 Å². The maximum atomic E-state index is 12.4. The molecular weight excluding hydrogens is 342 g/mol. The molecule has 27 heavy (non-hydrogen) atoms. The SMILES string of the molecule is [C-]#[N+]CCNCC1CCN(c2ccc3c(=O)[nH]c(=O)n(C4CC4)c3c2C)C1. The van der Waals surface area contributed by atoms with Crippen molar-refractivity contribution >= 4 is 16.6 Å². The Hall–Kier alpha value is -2.59. The highest BCUT2D eigenvalue weighted by atomic mass is 16.2. The van der Waals surface area contributed by atoms with Crippen LogP contribution >= 0.6 is 0 Å². The molecular formula is C20H25N5O2. The van der Waals surface area contributed by atoms with Crippen LogP contribution in [0.2, 0.25) is 0 Å². The highest BCUT2D eigenvalue weighted by Gasteiger charge is 2.29. The van der Waals surface area contributed by atoms with E-state index in [1.54, 1.807) is 4.57 Å². The van der Waals surface area contributed by atoms with E-state index in [0.29, 0.717) is 17.8 Å². The third-order valence-electron chi connectivity index (χ3n) is 5.70. The third kappa shape index (κ3) is 3.37. The van der Waals surface area contributed by atoms with Crippen molar-refractivity contribution in [1.82, 2.24) is 14.9 Å². The Kier molecular flexibility index (Phi) is 4.75. The lowest BCUT2D eigenvalue weighted by Crippen LogP contribution is -2.31. The number of nitrogens with one attached hydrogen (secondary N) is 2. The van der Waals surface area contributed by atoms with Crippen LogP contribution in [-0.4, -0.2) is 42.3 Å². The number of fused-ring (bicyclic) bond motifs is 1. The molecule has 2 heterocycles. The number of aromatic nitrogens is 2. The average Bonchev–Trinajstić information content (AvgIpc) is 3.37. The van der Waals surface area contributed by atoms with Crippen molar-refractivity contribution in [2.24, 2.45) is 5.92 Å². The fourth-order valence-electron chi connectivity index (χ4n) is 4.19. The summed E-state index contributed by atoms with van der Waals surface area (Å²) in [6.07, 6.45) is 3.09. The summed E-state index contributed by atoms with van der Waals surface area (Å²) >= 11 is 0. The van der Waals surface area contributed by atoms with Gasteiger partial charge < -0.3 is 15.1 Å². The van der Waals surface area contributed by atoms with Crippen LogP contribution in [0.5, 0.6) is 0 Å². The van der Waals surface area contributed by atoms with Gasteiger partial charge in [0.1, 0.15) is 0 Å². The van der Waals surface area contributed by atoms with Crippen LogP contribution in [0.1, 0.15) is 30.9 Å². The molecule has 1 saturated carbocycles. The van der Waals surface area contributed by atoms with Crippen LogP contribution in [-0.2, 0) is 0 Å². The van der Waals surface area contributed by atoms with Crippen molar-refractivity contribution in [1.29, 1.82) is 0 Å². The molecule has 4 rings (SSSR count). The molecule has 0 radical (unpaired) electrons. The topological polar surface area (TPSA) is 74.5 Å². The fourth-order valence-corrected chi connectivity index (χ4v) is 4.19. The first-order valence-electron chi connectivity index (χ1n) is 9.67. The molecule has 1 unspecified atom stereocenters. The van der Waals surface area contributed by atoms with Gasteiger partial charge in [0.25, 0.3) is 5.56 Å². The van der Waals surface area contributed by atoms with E-state index in [4.69, 9.17) is 6.57 Å². The first-order valence-corrected chi connectivity index (χ1v) is 9.67. The van der Waals surface area contributed by atoms with E-state index in [1.807, 2.05) is 19.1 Å². The monoisotopic (exact) mass is 367 g/mol. The van der Waals surface area contributed by atoms with Gasteiger partial charge in [0.2, 0.25) is 6.54 Å². The van der Waals surface area contributed by atoms with Gasteiger partial charge in [0.15, 0.2) is 0 Å². The van der Waals surface area contributed by atoms with E-state index in [-0.39, 0.29) is 17.3 Å². The number of aromatic amines is 1. The molecule has 1 aliphatic carbocycles. The first-order chi connectivity index (χ1) is 13.1. The molecule has 0 spiro atoms. The minimum absolute atomic E-state index is 0.212. The number of hydrogen-bond donors (Lipinski definition) is 2. The lowest BCUT2D eigenvalue weighted by molar-refractivity contribution is 0.526. The first kappa shape index (κ1) is 17.8. The van der Waals surface area contributed by atoms with Gasteiger partial charge in [0, 0.05) is 24.8 Å². The normalized spacial score (nSPS) is 19.6. The molecule has 1 saturated heterocycles. The van der Waals surface area contributed by atoms with Crippen molar-refractivity contribution in [2.75, 3.05) is 37.6 Å². The molecule has 1 aromatic carbocycles. The van der Waals surface area contributed by atoms with E-state index in [0.717, 1.165) is 62.2 Å². The van der Waals surface area contributed by atoms with Gasteiger partial charge in [-0.3, -0.25) is 14.3 Å². The Labute approximate surface area is 157 Å². The molecule has 1 aliphatic heterocycles. The van der Waals surface area contributed by atoms with E-state index >= 15 is 0 Å². The van der Waals surface area contributed by atoms with Crippen molar-refractivity contribution in [2.45, 2.75) is 32.2 Å². The third-order valence-corrected chi connectivity index (χ3v) is 5.70. The molecule has 1 atom stereocenters. The molecule has 2 fully saturated rings. The zero-order chi connectivity index (χ0) is 19.0. The van der Waals surface area contributed by atoms with E-state index in [9.17, 15) is 9.59 Å². The Morgan fingerprint density at radius 1 is 1.30 bits per heavy atom. The summed E-state index contributed by atoms with van der Waals surface area (Å²) in [5.74, 6) is 0.552. The van der Waals surface area contributed by atoms with Crippen LogP contribution < -0.4 is 21.5 Å². The smallest absolute Gasteiger partial charge is 0.329 e. The highest BCUT2D eigenvalue weighted by molar-refractivity contribution is 5.86. The Bertz CT molecular complexity index is 1010. The van der Waals surface area contributed by atoms with E-state index in [2.05, 4.69) is 20.0 Å². The number of H-pyrrole nitrogens is 1. The van der Waals surface area contributed by atoms with Crippen LogP contribution in [0.25, 0.3) is 15.7 Å². The zero-order valence-corrected chi connectivity index (χ0v) is 15.6. The largest absolute Gasteiger partial charge is 0.371 e. The maximum absolute atomic E-state index is 12.4. The summed E-state index contributed by atoms with van der Waals surface area (Å²) < 4.78 is 1.79. The number of benzene rings is 1. The summed E-state index contributed by atoms with van der Waals surface area (Å²) in [6, 6.07) is 4.09. The highest BCUT2D eigenvalue weighted by Crippen LogP contribution is 2.38. The quantitative estimate of drug-likeness (QED) is 0.602. The average molecular weight is 367 g/mol. The second kappa shape index (κ2) is 7.20. The molecule has 0 amide bonds. The number of rotatable bonds is 6. The molecule has 0 bridgehead atoms. The van der Waals surface area contributed by atoms with Gasteiger partial charge in [-0.05, 0) is 56.3 Å². The van der Waals surface area contributed by atoms with Gasteiger partial charge in [-0.15, -0.1) is 0 Å². The van der Waals surface area contributed by atoms with Crippen molar-refractivity contribution in [3.63, 3.8) is 0 Å². The van der Waals surface area contributed by atoms with Crippen molar-refractivity contribution < 1.29 is 0 Å². The number of anilines is 1. The number of aryl methyl sites for hydroxylation is 1. The Balaban J connectivity index is 1.63. The molecule has 7 heteroatoms. The summed E-state index contributed by atoms with van der Waals surface area (Å²) in [5.41, 5.74) is 2.33. The molecule has 2 N–H and O–H groups in total. The Morgan fingerprint density at radius 3 is 2.85 bits per heavy atom. The molecule has 142 valence electrons. The summed E-state index contributed by atoms with van der Waals surface area (Å²) in [4.78, 5) is 32.9. The van der Waals surface area contributed by atoms with Crippen LogP contribution in [0.3, 0.4) is 0 Å². The lowest BCUT2D eigenvalue weighted by atomic mass is 10.1. The van der Waals surface area contributed by atoms with Crippen LogP contribution in [0, 0.1) is 19.4 Å². The van der Waals surface area contributed by atoms with Crippen LogP contribution in [0.4, 0.5) is 5.69 Å². The second-order valence-corrected chi connectivity index (χ2v) is 7.65. The lowest BCUT2D eigenvalue weighted by Gasteiger charge is -2.23. The van der Waals surface area contributed by atoms with Gasteiger partial charge in [0.05, 0.1) is 17.4 Å². The molecule has 1 aromatic heterocycles. The molecule has 2 aromatic rings. The minimum atomic E-state index is -0.301. The predicted molar refractivity (Wildman–Crippen MR) is 106 cm³/mol. The zero-order valence-electron chi connectivity index (χ0n) is 15.6. The standard InChI is InChI=1S/C20H25N5O2/c1-13-17(24-10-7-14(12-24)11-22-9-8-21-2)6-5-16-18(13)25(15-3-4-15)20(27)23-19(16)26/h5-6,14-15,22H,3-4,7-12H2,1H3,(H,23,26,27). The summed E-state index contributed by atoms with van der Waals surface area (Å²) in [5, 5.41) is 3.96. The maximum Gasteiger partial charge on any atom is 0.329 e. The van der Waals surface area contributed by atoms with Gasteiger partial charge in [-0.1, -0.05) is 0 Å². The van der Waals surface area contributed by atoms with E-state index < -0.39 is 0 Å². The van der Waals surface area contributed by atoms with Crippen molar-refractivity contribution in [3.05, 3.63) is 50.0 Å². The number of hydrogen-bond acceptors (Lipinski definition) is 4. The summed E-state index contributed by atoms with van der Waals surface area (Å²) in [6.45, 7) is 13.0. The van der Waals surface area contributed by atoms with Crippen LogP contribution in [0.15, 0.2) is 21.7 Å². The predicted octanol–water partition coefficient (Wildman–Crippen LogP) is 1.67. The van der Waals surface area contributed by atoms with Gasteiger partial charge in [-0.2, -0.15) is 0 Å². The second-order valence-electron chi connectivity index (χ2n) is 7.65. The Morgan fingerprint density at radius 2 is 2.11 bits per heavy atom. The van der Waals surface area contributed by atoms with Gasteiger partial charge in [-0.25, -0.2) is 11.4 Å².